The lowest BCUT2D eigenvalue weighted by atomic mass is 10.3. The van der Waals surface area contributed by atoms with Gasteiger partial charge in [0.05, 0.1) is 19.3 Å². The van der Waals surface area contributed by atoms with Gasteiger partial charge in [-0.15, -0.1) is 0 Å². The van der Waals surface area contributed by atoms with Crippen LogP contribution in [0.3, 0.4) is 0 Å². The van der Waals surface area contributed by atoms with E-state index in [9.17, 15) is 14.0 Å². The summed E-state index contributed by atoms with van der Waals surface area (Å²) >= 11 is 0. The summed E-state index contributed by atoms with van der Waals surface area (Å²) in [6.45, 7) is 1.74. The predicted octanol–water partition coefficient (Wildman–Crippen LogP) is 1.44. The number of pyridine rings is 1. The second kappa shape index (κ2) is 5.05. The van der Waals surface area contributed by atoms with Crippen LogP contribution in [0.4, 0.5) is 4.39 Å². The summed E-state index contributed by atoms with van der Waals surface area (Å²) in [4.78, 5) is 26.6. The number of carbonyl (C=O) groups is 2. The van der Waals surface area contributed by atoms with Crippen molar-refractivity contribution >= 4 is 17.6 Å². The molecule has 0 aliphatic carbocycles. The average Bonchev–Trinajstić information content (AvgIpc) is 2.75. The van der Waals surface area contributed by atoms with Crippen LogP contribution in [0.2, 0.25) is 0 Å². The molecule has 7 heteroatoms. The number of carbonyl (C=O) groups excluding carboxylic acids is 2. The molecule has 0 fully saturated rings. The zero-order valence-corrected chi connectivity index (χ0v) is 10.3. The summed E-state index contributed by atoms with van der Waals surface area (Å²) < 4.78 is 24.2. The number of nitrogens with zero attached hydrogens (tertiary/aromatic N) is 2. The molecule has 19 heavy (non-hydrogen) atoms. The Morgan fingerprint density at radius 2 is 2.16 bits per heavy atom. The maximum atomic E-state index is 13.9. The molecule has 0 bridgehead atoms. The number of hydrogen-bond donors (Lipinski definition) is 0. The van der Waals surface area contributed by atoms with Gasteiger partial charge in [0.25, 0.3) is 0 Å². The topological polar surface area (TPSA) is 69.9 Å². The smallest absolute Gasteiger partial charge is 0.361 e. The van der Waals surface area contributed by atoms with E-state index >= 15 is 0 Å². The Hall–Kier alpha value is -2.44. The molecule has 0 N–H and O–H groups in total. The summed E-state index contributed by atoms with van der Waals surface area (Å²) in [6, 6.07) is 2.70. The van der Waals surface area contributed by atoms with Crippen molar-refractivity contribution < 1.29 is 23.5 Å². The second-order valence-electron chi connectivity index (χ2n) is 3.61. The SMILES string of the molecule is CCOC(=O)c1nc2cc(C(=O)OC)ccn2c1F. The van der Waals surface area contributed by atoms with Crippen LogP contribution < -0.4 is 0 Å². The lowest BCUT2D eigenvalue weighted by Crippen LogP contribution is -2.07. The zero-order valence-electron chi connectivity index (χ0n) is 10.3. The van der Waals surface area contributed by atoms with Gasteiger partial charge < -0.3 is 9.47 Å². The molecule has 0 aliphatic heterocycles. The molecule has 0 unspecified atom stereocenters. The van der Waals surface area contributed by atoms with Crippen LogP contribution in [0.25, 0.3) is 5.65 Å². The van der Waals surface area contributed by atoms with Gasteiger partial charge in [-0.1, -0.05) is 0 Å². The quantitative estimate of drug-likeness (QED) is 0.786. The minimum atomic E-state index is -0.844. The van der Waals surface area contributed by atoms with E-state index in [-0.39, 0.29) is 17.8 Å². The fourth-order valence-corrected chi connectivity index (χ4v) is 1.59. The van der Waals surface area contributed by atoms with Crippen LogP contribution in [0.1, 0.15) is 27.8 Å². The van der Waals surface area contributed by atoms with Gasteiger partial charge in [0, 0.05) is 6.20 Å². The van der Waals surface area contributed by atoms with Crippen molar-refractivity contribution in [3.05, 3.63) is 35.5 Å². The molecular formula is C12H11FN2O4. The minimum Gasteiger partial charge on any atom is -0.465 e. The number of esters is 2. The zero-order chi connectivity index (χ0) is 14.0. The first kappa shape index (κ1) is 13.0. The van der Waals surface area contributed by atoms with Gasteiger partial charge >= 0.3 is 11.9 Å². The molecule has 2 heterocycles. The first-order valence-corrected chi connectivity index (χ1v) is 5.51. The molecule has 100 valence electrons. The van der Waals surface area contributed by atoms with E-state index in [1.807, 2.05) is 0 Å². The molecule has 0 radical (unpaired) electrons. The van der Waals surface area contributed by atoms with E-state index in [0.29, 0.717) is 0 Å². The normalized spacial score (nSPS) is 10.5. The molecule has 0 amide bonds. The highest BCUT2D eigenvalue weighted by atomic mass is 19.1. The maximum Gasteiger partial charge on any atom is 0.361 e. The molecule has 0 aromatic carbocycles. The number of imidazole rings is 1. The monoisotopic (exact) mass is 266 g/mol. The van der Waals surface area contributed by atoms with Crippen molar-refractivity contribution in [3.63, 3.8) is 0 Å². The van der Waals surface area contributed by atoms with Crippen LogP contribution in [-0.4, -0.2) is 35.0 Å². The number of ether oxygens (including phenoxy) is 2. The lowest BCUT2D eigenvalue weighted by molar-refractivity contribution is 0.0513. The molecular weight excluding hydrogens is 255 g/mol. The predicted molar refractivity (Wildman–Crippen MR) is 62.4 cm³/mol. The molecule has 0 aliphatic rings. The Labute approximate surface area is 107 Å². The minimum absolute atomic E-state index is 0.125. The molecule has 0 saturated carbocycles. The van der Waals surface area contributed by atoms with Crippen molar-refractivity contribution in [1.29, 1.82) is 0 Å². The van der Waals surface area contributed by atoms with Crippen molar-refractivity contribution in [3.8, 4) is 0 Å². The highest BCUT2D eigenvalue weighted by Gasteiger charge is 2.21. The summed E-state index contributed by atoms with van der Waals surface area (Å²) in [5.74, 6) is -2.24. The fourth-order valence-electron chi connectivity index (χ4n) is 1.59. The van der Waals surface area contributed by atoms with Crippen LogP contribution in [0, 0.1) is 5.95 Å². The average molecular weight is 266 g/mol. The Morgan fingerprint density at radius 1 is 1.42 bits per heavy atom. The van der Waals surface area contributed by atoms with Crippen molar-refractivity contribution in [1.82, 2.24) is 9.38 Å². The second-order valence-corrected chi connectivity index (χ2v) is 3.61. The van der Waals surface area contributed by atoms with E-state index in [1.165, 1.54) is 25.4 Å². The summed E-state index contributed by atoms with van der Waals surface area (Å²) in [7, 11) is 1.24. The molecule has 2 aromatic rings. The van der Waals surface area contributed by atoms with Gasteiger partial charge in [0.15, 0.2) is 0 Å². The Kier molecular flexibility index (Phi) is 3.46. The fraction of sp³-hybridized carbons (Fsp3) is 0.250. The highest BCUT2D eigenvalue weighted by molar-refractivity contribution is 5.91. The van der Waals surface area contributed by atoms with Gasteiger partial charge in [-0.2, -0.15) is 4.39 Å². The number of rotatable bonds is 3. The molecule has 0 atom stereocenters. The van der Waals surface area contributed by atoms with E-state index in [1.54, 1.807) is 6.92 Å². The Bertz CT molecular complexity index is 650. The maximum absolute atomic E-state index is 13.9. The van der Waals surface area contributed by atoms with Crippen LogP contribution in [-0.2, 0) is 9.47 Å². The third-order valence-electron chi connectivity index (χ3n) is 2.46. The third-order valence-corrected chi connectivity index (χ3v) is 2.46. The summed E-state index contributed by atoms with van der Waals surface area (Å²) in [5.41, 5.74) is -0.0669. The molecule has 6 nitrogen and oxygen atoms in total. The number of fused-ring (bicyclic) bond motifs is 1. The van der Waals surface area contributed by atoms with Crippen molar-refractivity contribution in [2.45, 2.75) is 6.92 Å². The molecule has 2 aromatic heterocycles. The van der Waals surface area contributed by atoms with Gasteiger partial charge in [-0.25, -0.2) is 14.6 Å². The van der Waals surface area contributed by atoms with Crippen molar-refractivity contribution in [2.75, 3.05) is 13.7 Å². The van der Waals surface area contributed by atoms with Crippen LogP contribution in [0.15, 0.2) is 18.3 Å². The Morgan fingerprint density at radius 3 is 2.79 bits per heavy atom. The first-order valence-electron chi connectivity index (χ1n) is 5.51. The Balaban J connectivity index is 2.51. The first-order chi connectivity index (χ1) is 9.08. The lowest BCUT2D eigenvalue weighted by Gasteiger charge is -1.99. The van der Waals surface area contributed by atoms with E-state index in [2.05, 4.69) is 9.72 Å². The third kappa shape index (κ3) is 2.26. The number of halogens is 1. The van der Waals surface area contributed by atoms with E-state index < -0.39 is 23.6 Å². The van der Waals surface area contributed by atoms with Crippen molar-refractivity contribution in [2.24, 2.45) is 0 Å². The van der Waals surface area contributed by atoms with E-state index in [0.717, 1.165) is 4.40 Å². The molecule has 0 saturated heterocycles. The molecule has 0 spiro atoms. The van der Waals surface area contributed by atoms with Gasteiger partial charge in [0.1, 0.15) is 5.65 Å². The summed E-state index contributed by atoms with van der Waals surface area (Å²) in [6.07, 6.45) is 1.30. The molecule has 2 rings (SSSR count). The van der Waals surface area contributed by atoms with E-state index in [4.69, 9.17) is 4.74 Å². The summed E-state index contributed by atoms with van der Waals surface area (Å²) in [5, 5.41) is 0. The largest absolute Gasteiger partial charge is 0.465 e. The van der Waals surface area contributed by atoms with Gasteiger partial charge in [0.2, 0.25) is 11.6 Å². The van der Waals surface area contributed by atoms with Gasteiger partial charge in [-0.05, 0) is 19.1 Å². The standard InChI is InChI=1S/C12H11FN2O4/c1-3-19-12(17)9-10(13)15-5-4-7(11(16)18-2)6-8(15)14-9/h4-6H,3H2,1-2H3. The van der Waals surface area contributed by atoms with Crippen LogP contribution >= 0.6 is 0 Å². The number of methoxy groups -OCH3 is 1. The number of hydrogen-bond acceptors (Lipinski definition) is 5. The number of aromatic nitrogens is 2. The van der Waals surface area contributed by atoms with Crippen LogP contribution in [0.5, 0.6) is 0 Å². The highest BCUT2D eigenvalue weighted by Crippen LogP contribution is 2.14. The van der Waals surface area contributed by atoms with Gasteiger partial charge in [-0.3, -0.25) is 4.40 Å².